The maximum absolute atomic E-state index is 10.4. The van der Waals surface area contributed by atoms with Crippen molar-refractivity contribution in [1.29, 1.82) is 0 Å². The fourth-order valence-corrected chi connectivity index (χ4v) is 83.7. The molecule has 496 valence electrons. The van der Waals surface area contributed by atoms with Crippen LogP contribution in [0.5, 0.6) is 0 Å². The summed E-state index contributed by atoms with van der Waals surface area (Å²) >= 11 is 0. The van der Waals surface area contributed by atoms with Crippen molar-refractivity contribution >= 4 is 139 Å². The SMILES string of the molecule is C[Si](C)(CCCO)O[Si]12O[Si]3(O[Si](C)(C)CCCO)O[Si]4(O[Si](C)(C)CCCO)O[Si](O[Si](C)(C)CCCO)(O1)O[Si]1(O[Si](C)(C)CCCO)O[Si](O[Si](C)(C)CCCO)(O2)O[Si](O[Si](C)(C)CCCO)(O3)O[Si](O[Si](C)(C)CCCO)(O4)O1. The van der Waals surface area contributed by atoms with Crippen molar-refractivity contribution in [3.05, 3.63) is 0 Å². The number of hydrogen-bond donors (Lipinski definition) is 8. The largest absolute Gasteiger partial charge is 0.651 e. The van der Waals surface area contributed by atoms with Gasteiger partial charge in [-0.15, -0.1) is 0 Å². The second kappa shape index (κ2) is 30.0. The van der Waals surface area contributed by atoms with Crippen molar-refractivity contribution in [3.63, 3.8) is 0 Å². The first kappa shape index (κ1) is 77.1. The molecule has 0 unspecified atom stereocenters. The van der Waals surface area contributed by atoms with Gasteiger partial charge in [0.1, 0.15) is 0 Å². The number of aliphatic hydroxyl groups is 8. The van der Waals surface area contributed by atoms with Crippen LogP contribution in [0.15, 0.2) is 0 Å². The minimum absolute atomic E-state index is 0.198. The van der Waals surface area contributed by atoms with E-state index in [2.05, 4.69) is 0 Å². The molecule has 0 atom stereocenters. The molecular weight excluding hydrogens is 1380 g/mol. The molecule has 0 aromatic carbocycles. The lowest BCUT2D eigenvalue weighted by atomic mass is 10.5. The highest BCUT2D eigenvalue weighted by atomic mass is 28.7. The number of aliphatic hydroxyl groups excluding tert-OH is 8. The molecule has 8 N–H and O–H groups in total. The molecule has 6 saturated heterocycles. The third-order valence-electron chi connectivity index (χ3n) is 13.7. The topological polar surface area (TPSA) is 346 Å². The molecule has 0 amide bonds. The van der Waals surface area contributed by atoms with Gasteiger partial charge in [0, 0.05) is 52.9 Å². The molecule has 0 saturated carbocycles. The summed E-state index contributed by atoms with van der Waals surface area (Å²) in [7, 11) is -71.5. The van der Waals surface area contributed by atoms with E-state index in [-0.39, 0.29) is 104 Å². The highest BCUT2D eigenvalue weighted by Crippen LogP contribution is 2.54. The maximum atomic E-state index is 10.4. The summed E-state index contributed by atoms with van der Waals surface area (Å²) in [5.74, 6) is 0. The predicted octanol–water partition coefficient (Wildman–Crippen LogP) is 4.57. The third-order valence-corrected chi connectivity index (χ3v) is 75.9. The van der Waals surface area contributed by atoms with Crippen molar-refractivity contribution in [1.82, 2.24) is 0 Å². The van der Waals surface area contributed by atoms with E-state index in [1.54, 1.807) is 0 Å². The zero-order valence-electron chi connectivity index (χ0n) is 52.7. The Morgan fingerprint density at radius 3 is 0.345 bits per heavy atom. The van der Waals surface area contributed by atoms with Gasteiger partial charge in [0.2, 0.25) is 0 Å². The smallest absolute Gasteiger partial charge is 0.396 e. The van der Waals surface area contributed by atoms with Gasteiger partial charge in [-0.05, 0) is 204 Å². The lowest BCUT2D eigenvalue weighted by Gasteiger charge is -2.61. The summed E-state index contributed by atoms with van der Waals surface area (Å²) in [6.07, 6.45) is 2.25. The van der Waals surface area contributed by atoms with E-state index in [0.29, 0.717) is 48.4 Å². The first-order valence-electron chi connectivity index (χ1n) is 29.5. The van der Waals surface area contributed by atoms with Crippen LogP contribution in [0, 0.1) is 0 Å². The Morgan fingerprint density at radius 1 is 0.190 bits per heavy atom. The standard InChI is InChI=1S/C40H104O28Si16/c1-69(2,33-17-25-41)49-77-57-78(50-70(3,4)34-18-26-42)60-81(53-73(9,10)37-21-29-45)62-79(58-77,51-71(5,6)35-19-27-43)64-83(55-75(13,14)39-23-31-47)65-80(59-77,52-72(7,8)36-20-28-44)63-82(61-78,54-74(11,12)38-22-30-46)67-84(66-81,68-83)56-76(15,16)40-24-32-48/h41-48H,17-40H2,1-16H3. The summed E-state index contributed by atoms with van der Waals surface area (Å²) in [5.41, 5.74) is 0. The van der Waals surface area contributed by atoms with E-state index in [1.807, 2.05) is 105 Å². The maximum Gasteiger partial charge on any atom is 0.651 e. The second-order valence-electron chi connectivity index (χ2n) is 26.7. The summed E-state index contributed by atoms with van der Waals surface area (Å²) < 4.78 is 153. The van der Waals surface area contributed by atoms with E-state index in [9.17, 15) is 40.9 Å². The Labute approximate surface area is 516 Å². The van der Waals surface area contributed by atoms with Crippen LogP contribution in [0.4, 0.5) is 0 Å². The van der Waals surface area contributed by atoms with Crippen LogP contribution >= 0.6 is 0 Å². The van der Waals surface area contributed by atoms with Gasteiger partial charge in [-0.1, -0.05) is 0 Å². The molecule has 0 aromatic rings. The molecule has 0 aromatic heterocycles. The zero-order chi connectivity index (χ0) is 63.1. The van der Waals surface area contributed by atoms with Gasteiger partial charge in [0.25, 0.3) is 0 Å². The molecular formula is C40H104O28Si16. The fraction of sp³-hybridized carbons (Fsp3) is 1.00. The van der Waals surface area contributed by atoms with E-state index in [4.69, 9.17) is 82.3 Å². The lowest BCUT2D eigenvalue weighted by molar-refractivity contribution is -0.130. The number of hydrogen-bond acceptors (Lipinski definition) is 28. The molecule has 0 spiro atoms. The normalized spacial score (nSPS) is 31.7. The van der Waals surface area contributed by atoms with E-state index >= 15 is 0 Å². The van der Waals surface area contributed by atoms with Gasteiger partial charge in [0.15, 0.2) is 66.5 Å². The van der Waals surface area contributed by atoms with E-state index in [1.165, 1.54) is 0 Å². The van der Waals surface area contributed by atoms with Crippen LogP contribution in [0.2, 0.25) is 153 Å². The lowest BCUT2D eigenvalue weighted by Crippen LogP contribution is -2.93. The van der Waals surface area contributed by atoms with Gasteiger partial charge in [0.05, 0.1) is 0 Å². The minimum Gasteiger partial charge on any atom is -0.396 e. The van der Waals surface area contributed by atoms with Crippen LogP contribution in [0.1, 0.15) is 51.4 Å². The first-order valence-corrected chi connectivity index (χ1v) is 67.5. The highest BCUT2D eigenvalue weighted by molar-refractivity contribution is 7.04. The van der Waals surface area contributed by atoms with Crippen molar-refractivity contribution in [2.24, 2.45) is 0 Å². The van der Waals surface area contributed by atoms with Crippen molar-refractivity contribution in [3.8, 4) is 0 Å². The van der Waals surface area contributed by atoms with Crippen LogP contribution in [-0.4, -0.2) is 233 Å². The van der Waals surface area contributed by atoms with Crippen molar-refractivity contribution < 1.29 is 123 Å². The molecule has 6 rings (SSSR count). The van der Waals surface area contributed by atoms with Crippen molar-refractivity contribution in [2.75, 3.05) is 52.9 Å². The van der Waals surface area contributed by atoms with Gasteiger partial charge in [-0.25, -0.2) is 0 Å². The molecule has 44 heteroatoms. The average molecular weight is 1480 g/mol. The second-order valence-corrected chi connectivity index (χ2v) is 83.2. The van der Waals surface area contributed by atoms with Crippen molar-refractivity contribution in [2.45, 2.75) is 204 Å². The molecule has 0 radical (unpaired) electrons. The molecule has 6 fully saturated rings. The third kappa shape index (κ3) is 22.2. The van der Waals surface area contributed by atoms with Gasteiger partial charge < -0.3 is 123 Å². The predicted molar refractivity (Wildman–Crippen MR) is 340 cm³/mol. The van der Waals surface area contributed by atoms with Gasteiger partial charge in [-0.2, -0.15) is 0 Å². The average Bonchev–Trinajstić information content (AvgIpc) is 3.30. The Kier molecular flexibility index (Phi) is 27.5. The van der Waals surface area contributed by atoms with Crippen LogP contribution in [-0.2, 0) is 82.3 Å². The molecule has 28 nitrogen and oxygen atoms in total. The Morgan fingerprint density at radius 2 is 0.274 bits per heavy atom. The summed E-state index contributed by atoms with van der Waals surface area (Å²) in [6.45, 7) is 28.4. The van der Waals surface area contributed by atoms with Crippen LogP contribution in [0.25, 0.3) is 0 Å². The molecule has 0 aliphatic carbocycles. The first-order chi connectivity index (χ1) is 38.6. The zero-order valence-corrected chi connectivity index (χ0v) is 68.7. The van der Waals surface area contributed by atoms with Crippen LogP contribution < -0.4 is 0 Å². The summed E-state index contributed by atoms with van der Waals surface area (Å²) in [5, 5.41) is 83.0. The van der Waals surface area contributed by atoms with Gasteiger partial charge >= 0.3 is 72.4 Å². The molecule has 8 bridgehead atoms. The fourth-order valence-electron chi connectivity index (χ4n) is 9.99. The molecule has 6 heterocycles. The van der Waals surface area contributed by atoms with E-state index in [0.717, 1.165) is 0 Å². The Bertz CT molecular complexity index is 1590. The Balaban J connectivity index is 2.18. The molecule has 84 heavy (non-hydrogen) atoms. The monoisotopic (exact) mass is 1480 g/mol. The quantitative estimate of drug-likeness (QED) is 0.0389. The van der Waals surface area contributed by atoms with Gasteiger partial charge in [-0.3, -0.25) is 0 Å². The minimum atomic E-state index is -5.57. The summed E-state index contributed by atoms with van der Waals surface area (Å²) in [4.78, 5) is 0. The molecule has 6 aliphatic rings. The van der Waals surface area contributed by atoms with E-state index < -0.39 is 139 Å². The summed E-state index contributed by atoms with van der Waals surface area (Å²) in [6, 6.07) is 2.38. The number of rotatable bonds is 40. The molecule has 6 aliphatic heterocycles. The van der Waals surface area contributed by atoms with Crippen LogP contribution in [0.3, 0.4) is 0 Å². The highest BCUT2D eigenvalue weighted by Gasteiger charge is 2.92. The Hall–Kier alpha value is 2.35.